The Morgan fingerprint density at radius 3 is 2.63 bits per heavy atom. The van der Waals surface area contributed by atoms with E-state index in [0.717, 1.165) is 35.9 Å². The lowest BCUT2D eigenvalue weighted by Gasteiger charge is -2.28. The van der Waals surface area contributed by atoms with E-state index in [2.05, 4.69) is 25.8 Å². The maximum absolute atomic E-state index is 11.6. The van der Waals surface area contributed by atoms with Crippen LogP contribution in [0, 0.1) is 0 Å². The zero-order valence-corrected chi connectivity index (χ0v) is 17.5. The summed E-state index contributed by atoms with van der Waals surface area (Å²) in [5.41, 5.74) is 3.08. The van der Waals surface area contributed by atoms with E-state index in [0.29, 0.717) is 32.6 Å². The molecule has 30 heavy (non-hydrogen) atoms. The zero-order chi connectivity index (χ0) is 21.2. The fourth-order valence-corrected chi connectivity index (χ4v) is 3.35. The SMILES string of the molecule is CCNC(=NCc1ccc(N2CCNC(=O)C2)cc1)NCCC(O)c1ccccc1. The minimum atomic E-state index is -0.494. The maximum Gasteiger partial charge on any atom is 0.239 e. The molecule has 7 heteroatoms. The number of aliphatic imine (C=N–C) groups is 1. The summed E-state index contributed by atoms with van der Waals surface area (Å²) < 4.78 is 0. The summed E-state index contributed by atoms with van der Waals surface area (Å²) in [4.78, 5) is 18.3. The van der Waals surface area contributed by atoms with E-state index in [1.807, 2.05) is 61.5 Å². The van der Waals surface area contributed by atoms with Gasteiger partial charge in [-0.2, -0.15) is 0 Å². The van der Waals surface area contributed by atoms with Gasteiger partial charge in [0.15, 0.2) is 5.96 Å². The van der Waals surface area contributed by atoms with Gasteiger partial charge in [-0.05, 0) is 36.6 Å². The van der Waals surface area contributed by atoms with Crippen LogP contribution in [0.3, 0.4) is 0 Å². The average molecular weight is 410 g/mol. The van der Waals surface area contributed by atoms with Crippen molar-refractivity contribution in [3.05, 3.63) is 65.7 Å². The molecule has 0 saturated carbocycles. The van der Waals surface area contributed by atoms with Crippen LogP contribution in [0.4, 0.5) is 5.69 Å². The third kappa shape index (κ3) is 6.49. The van der Waals surface area contributed by atoms with Crippen LogP contribution in [-0.4, -0.2) is 49.7 Å². The normalized spacial score (nSPS) is 15.5. The molecule has 2 aromatic rings. The number of piperazine rings is 1. The Morgan fingerprint density at radius 1 is 1.17 bits per heavy atom. The molecule has 1 heterocycles. The number of guanidine groups is 1. The molecule has 0 aliphatic carbocycles. The molecule has 1 fully saturated rings. The van der Waals surface area contributed by atoms with Crippen LogP contribution in [0.1, 0.15) is 30.6 Å². The number of benzene rings is 2. The van der Waals surface area contributed by atoms with Crippen molar-refractivity contribution in [2.75, 3.05) is 37.6 Å². The summed E-state index contributed by atoms with van der Waals surface area (Å²) in [5.74, 6) is 0.795. The smallest absolute Gasteiger partial charge is 0.239 e. The molecule has 2 aromatic carbocycles. The van der Waals surface area contributed by atoms with E-state index < -0.39 is 6.10 Å². The number of anilines is 1. The number of nitrogens with one attached hydrogen (secondary N) is 3. The second-order valence-electron chi connectivity index (χ2n) is 7.28. The Hall–Kier alpha value is -3.06. The minimum absolute atomic E-state index is 0.0636. The highest BCUT2D eigenvalue weighted by molar-refractivity contribution is 5.82. The Balaban J connectivity index is 1.50. The van der Waals surface area contributed by atoms with Gasteiger partial charge in [-0.3, -0.25) is 4.79 Å². The second kappa shape index (κ2) is 11.2. The summed E-state index contributed by atoms with van der Waals surface area (Å²) in [6, 6.07) is 17.9. The molecule has 7 nitrogen and oxygen atoms in total. The Labute approximate surface area is 178 Å². The van der Waals surface area contributed by atoms with Crippen molar-refractivity contribution in [2.24, 2.45) is 4.99 Å². The lowest BCUT2D eigenvalue weighted by Crippen LogP contribution is -2.47. The third-order valence-electron chi connectivity index (χ3n) is 5.00. The Bertz CT molecular complexity index is 823. The molecule has 1 atom stereocenters. The van der Waals surface area contributed by atoms with Crippen molar-refractivity contribution >= 4 is 17.6 Å². The fraction of sp³-hybridized carbons (Fsp3) is 0.391. The summed E-state index contributed by atoms with van der Waals surface area (Å²) >= 11 is 0. The van der Waals surface area contributed by atoms with Crippen molar-refractivity contribution in [2.45, 2.75) is 26.0 Å². The minimum Gasteiger partial charge on any atom is -0.388 e. The number of carbonyl (C=O) groups excluding carboxylic acids is 1. The number of carbonyl (C=O) groups is 1. The summed E-state index contributed by atoms with van der Waals surface area (Å²) in [6.07, 6.45) is 0.109. The van der Waals surface area contributed by atoms with E-state index in [4.69, 9.17) is 0 Å². The molecular weight excluding hydrogens is 378 g/mol. The van der Waals surface area contributed by atoms with Gasteiger partial charge in [-0.15, -0.1) is 0 Å². The highest BCUT2D eigenvalue weighted by Crippen LogP contribution is 2.17. The predicted molar refractivity (Wildman–Crippen MR) is 121 cm³/mol. The lowest BCUT2D eigenvalue weighted by atomic mass is 10.1. The number of aliphatic hydroxyl groups is 1. The number of hydrogen-bond donors (Lipinski definition) is 4. The van der Waals surface area contributed by atoms with Crippen LogP contribution in [0.2, 0.25) is 0 Å². The van der Waals surface area contributed by atoms with Gasteiger partial charge in [0.2, 0.25) is 5.91 Å². The van der Waals surface area contributed by atoms with E-state index in [1.165, 1.54) is 0 Å². The van der Waals surface area contributed by atoms with Crippen LogP contribution in [0.5, 0.6) is 0 Å². The summed E-state index contributed by atoms with van der Waals surface area (Å²) in [6.45, 7) is 5.88. The highest BCUT2D eigenvalue weighted by Gasteiger charge is 2.16. The number of nitrogens with zero attached hydrogens (tertiary/aromatic N) is 2. The molecule has 1 aliphatic heterocycles. The molecule has 4 N–H and O–H groups in total. The van der Waals surface area contributed by atoms with E-state index >= 15 is 0 Å². The van der Waals surface area contributed by atoms with Crippen molar-refractivity contribution in [3.63, 3.8) is 0 Å². The van der Waals surface area contributed by atoms with Crippen LogP contribution in [0.15, 0.2) is 59.6 Å². The van der Waals surface area contributed by atoms with Gasteiger partial charge >= 0.3 is 0 Å². The molecule has 160 valence electrons. The fourth-order valence-electron chi connectivity index (χ4n) is 3.35. The molecule has 1 aliphatic rings. The number of rotatable bonds is 8. The third-order valence-corrected chi connectivity index (χ3v) is 5.00. The van der Waals surface area contributed by atoms with E-state index in [9.17, 15) is 9.90 Å². The number of amides is 1. The number of hydrogen-bond acceptors (Lipinski definition) is 4. The second-order valence-corrected chi connectivity index (χ2v) is 7.28. The van der Waals surface area contributed by atoms with Gasteiger partial charge in [0, 0.05) is 31.9 Å². The van der Waals surface area contributed by atoms with Gasteiger partial charge in [0.25, 0.3) is 0 Å². The van der Waals surface area contributed by atoms with Crippen molar-refractivity contribution in [1.29, 1.82) is 0 Å². The predicted octanol–water partition coefficient (Wildman–Crippen LogP) is 1.80. The highest BCUT2D eigenvalue weighted by atomic mass is 16.3. The summed E-state index contributed by atoms with van der Waals surface area (Å²) in [7, 11) is 0. The van der Waals surface area contributed by atoms with Crippen LogP contribution in [-0.2, 0) is 11.3 Å². The molecular formula is C23H31N5O2. The quantitative estimate of drug-likeness (QED) is 0.394. The van der Waals surface area contributed by atoms with E-state index in [-0.39, 0.29) is 5.91 Å². The Morgan fingerprint density at radius 2 is 1.93 bits per heavy atom. The first-order valence-electron chi connectivity index (χ1n) is 10.5. The van der Waals surface area contributed by atoms with Crippen LogP contribution in [0.25, 0.3) is 0 Å². The average Bonchev–Trinajstić information content (AvgIpc) is 2.78. The van der Waals surface area contributed by atoms with Gasteiger partial charge in [-0.1, -0.05) is 42.5 Å². The molecule has 0 spiro atoms. The first kappa shape index (κ1) is 21.6. The molecule has 3 rings (SSSR count). The van der Waals surface area contributed by atoms with Crippen molar-refractivity contribution < 1.29 is 9.90 Å². The Kier molecular flexibility index (Phi) is 8.09. The van der Waals surface area contributed by atoms with Gasteiger partial charge < -0.3 is 26.0 Å². The molecule has 0 aromatic heterocycles. The van der Waals surface area contributed by atoms with Crippen LogP contribution >= 0.6 is 0 Å². The molecule has 1 amide bonds. The standard InChI is InChI=1S/C23H31N5O2/c1-2-24-23(26-13-12-21(29)19-6-4-3-5-7-19)27-16-18-8-10-20(11-9-18)28-15-14-25-22(30)17-28/h3-11,21,29H,2,12-17H2,1H3,(H,25,30)(H2,24,26,27). The van der Waals surface area contributed by atoms with E-state index in [1.54, 1.807) is 0 Å². The van der Waals surface area contributed by atoms with Gasteiger partial charge in [0.05, 0.1) is 19.2 Å². The molecule has 1 saturated heterocycles. The largest absolute Gasteiger partial charge is 0.388 e. The number of aliphatic hydroxyl groups excluding tert-OH is 1. The molecule has 0 bridgehead atoms. The summed E-state index contributed by atoms with van der Waals surface area (Å²) in [5, 5.41) is 19.7. The van der Waals surface area contributed by atoms with Gasteiger partial charge in [0.1, 0.15) is 0 Å². The lowest BCUT2D eigenvalue weighted by molar-refractivity contribution is -0.120. The van der Waals surface area contributed by atoms with Crippen molar-refractivity contribution in [3.8, 4) is 0 Å². The first-order chi connectivity index (χ1) is 14.7. The first-order valence-corrected chi connectivity index (χ1v) is 10.5. The molecule has 0 radical (unpaired) electrons. The molecule has 1 unspecified atom stereocenters. The zero-order valence-electron chi connectivity index (χ0n) is 17.5. The van der Waals surface area contributed by atoms with Crippen LogP contribution < -0.4 is 20.9 Å². The van der Waals surface area contributed by atoms with Crippen molar-refractivity contribution in [1.82, 2.24) is 16.0 Å². The topological polar surface area (TPSA) is 89.0 Å². The van der Waals surface area contributed by atoms with Gasteiger partial charge in [-0.25, -0.2) is 4.99 Å². The monoisotopic (exact) mass is 409 g/mol. The maximum atomic E-state index is 11.6.